The number of amides is 2. The second-order valence-electron chi connectivity index (χ2n) is 8.77. The van der Waals surface area contributed by atoms with Crippen LogP contribution in [0.1, 0.15) is 24.7 Å². The van der Waals surface area contributed by atoms with E-state index in [1.165, 1.54) is 6.07 Å². The summed E-state index contributed by atoms with van der Waals surface area (Å²) in [4.78, 5) is 25.7. The summed E-state index contributed by atoms with van der Waals surface area (Å²) in [7, 11) is 0. The zero-order valence-corrected chi connectivity index (χ0v) is 20.1. The van der Waals surface area contributed by atoms with E-state index in [4.69, 9.17) is 9.51 Å². The van der Waals surface area contributed by atoms with Crippen molar-refractivity contribution < 1.29 is 22.5 Å². The third-order valence-electron chi connectivity index (χ3n) is 6.19. The zero-order chi connectivity index (χ0) is 26.0. The number of anilines is 2. The van der Waals surface area contributed by atoms with Gasteiger partial charge in [-0.05, 0) is 30.7 Å². The van der Waals surface area contributed by atoms with Crippen LogP contribution in [-0.4, -0.2) is 52.2 Å². The number of carbonyl (C=O) groups is 1. The van der Waals surface area contributed by atoms with Gasteiger partial charge in [0.2, 0.25) is 0 Å². The maximum absolute atomic E-state index is 13.4. The average Bonchev–Trinajstić information content (AvgIpc) is 3.33. The van der Waals surface area contributed by atoms with E-state index in [1.54, 1.807) is 11.0 Å². The van der Waals surface area contributed by atoms with Gasteiger partial charge in [-0.3, -0.25) is 0 Å². The Kier molecular flexibility index (Phi) is 6.68. The molecule has 0 spiro atoms. The van der Waals surface area contributed by atoms with Crippen molar-refractivity contribution >= 4 is 28.6 Å². The molecule has 2 aromatic carbocycles. The Morgan fingerprint density at radius 1 is 1.03 bits per heavy atom. The van der Waals surface area contributed by atoms with Gasteiger partial charge in [0.1, 0.15) is 22.7 Å². The molecule has 2 aromatic heterocycles. The van der Waals surface area contributed by atoms with Crippen molar-refractivity contribution in [2.24, 2.45) is 0 Å². The van der Waals surface area contributed by atoms with E-state index in [0.29, 0.717) is 55.3 Å². The molecule has 0 atom stereocenters. The first-order valence-electron chi connectivity index (χ1n) is 12.0. The summed E-state index contributed by atoms with van der Waals surface area (Å²) in [6.45, 7) is 3.85. The summed E-state index contributed by atoms with van der Waals surface area (Å²) in [6.07, 6.45) is -3.06. The van der Waals surface area contributed by atoms with E-state index in [0.717, 1.165) is 18.6 Å². The Bertz CT molecular complexity index is 1400. The van der Waals surface area contributed by atoms with E-state index in [-0.39, 0.29) is 23.0 Å². The van der Waals surface area contributed by atoms with Gasteiger partial charge in [0.05, 0.1) is 5.56 Å². The van der Waals surface area contributed by atoms with Gasteiger partial charge in [0, 0.05) is 43.9 Å². The number of benzene rings is 2. The van der Waals surface area contributed by atoms with Crippen LogP contribution in [0.25, 0.3) is 22.4 Å². The van der Waals surface area contributed by atoms with Gasteiger partial charge in [-0.1, -0.05) is 42.4 Å². The van der Waals surface area contributed by atoms with Crippen LogP contribution in [-0.2, 0) is 12.6 Å². The Balaban J connectivity index is 1.45. The number of halogens is 3. The highest BCUT2D eigenvalue weighted by Crippen LogP contribution is 2.37. The van der Waals surface area contributed by atoms with Crippen LogP contribution in [0, 0.1) is 0 Å². The number of hydrogen-bond donors (Lipinski definition) is 1. The highest BCUT2D eigenvalue weighted by Gasteiger charge is 2.32. The predicted octanol–water partition coefficient (Wildman–Crippen LogP) is 5.61. The summed E-state index contributed by atoms with van der Waals surface area (Å²) < 4.78 is 45.6. The first-order chi connectivity index (χ1) is 17.8. The molecule has 0 aliphatic carbocycles. The number of fused-ring (bicyclic) bond motifs is 1. The number of piperazine rings is 1. The number of urea groups is 1. The number of nitrogens with one attached hydrogen (secondary N) is 1. The van der Waals surface area contributed by atoms with Crippen LogP contribution in [0.15, 0.2) is 59.1 Å². The first-order valence-corrected chi connectivity index (χ1v) is 12.0. The van der Waals surface area contributed by atoms with E-state index in [2.05, 4.69) is 15.5 Å². The van der Waals surface area contributed by atoms with Crippen molar-refractivity contribution in [3.05, 3.63) is 66.0 Å². The Hall–Kier alpha value is -4.15. The maximum Gasteiger partial charge on any atom is 0.416 e. The van der Waals surface area contributed by atoms with E-state index < -0.39 is 11.7 Å². The molecular formula is C26H25F3N6O2. The fraction of sp³-hybridized carbons (Fsp3) is 0.308. The van der Waals surface area contributed by atoms with Gasteiger partial charge in [0.25, 0.3) is 5.71 Å². The molecule has 1 fully saturated rings. The second-order valence-corrected chi connectivity index (χ2v) is 8.77. The van der Waals surface area contributed by atoms with Crippen LogP contribution in [0.3, 0.4) is 0 Å². The minimum Gasteiger partial charge on any atom is -0.352 e. The monoisotopic (exact) mass is 510 g/mol. The number of rotatable bonds is 5. The Labute approximate surface area is 211 Å². The molecule has 1 saturated heterocycles. The zero-order valence-electron chi connectivity index (χ0n) is 20.1. The molecule has 192 valence electrons. The summed E-state index contributed by atoms with van der Waals surface area (Å²) in [5, 5.41) is 7.44. The standard InChI is InChI=1S/C26H25F3N6O2/c1-2-7-20-31-23(34-12-14-35(15-13-34)25(36)30-19-10-4-3-5-11-19)21-22(33-37-24(21)32-20)17-8-6-9-18(16-17)26(27,28)29/h3-6,8-11,16H,2,7,12-15H2,1H3,(H,30,36). The lowest BCUT2D eigenvalue weighted by Gasteiger charge is -2.35. The van der Waals surface area contributed by atoms with Crippen molar-refractivity contribution in [2.75, 3.05) is 36.4 Å². The summed E-state index contributed by atoms with van der Waals surface area (Å²) in [5.74, 6) is 1.12. The Morgan fingerprint density at radius 2 is 1.78 bits per heavy atom. The minimum absolute atomic E-state index is 0.194. The highest BCUT2D eigenvalue weighted by molar-refractivity contribution is 5.98. The van der Waals surface area contributed by atoms with Crippen molar-refractivity contribution in [2.45, 2.75) is 25.9 Å². The van der Waals surface area contributed by atoms with Crippen LogP contribution >= 0.6 is 0 Å². The summed E-state index contributed by atoms with van der Waals surface area (Å²) in [5.41, 5.74) is 0.687. The third-order valence-corrected chi connectivity index (χ3v) is 6.19. The van der Waals surface area contributed by atoms with Crippen LogP contribution in [0.4, 0.5) is 29.5 Å². The normalized spacial score (nSPS) is 14.3. The quantitative estimate of drug-likeness (QED) is 0.376. The van der Waals surface area contributed by atoms with E-state index in [1.807, 2.05) is 42.2 Å². The lowest BCUT2D eigenvalue weighted by molar-refractivity contribution is -0.137. The molecule has 0 unspecified atom stereocenters. The molecule has 1 N–H and O–H groups in total. The third kappa shape index (κ3) is 5.20. The smallest absolute Gasteiger partial charge is 0.352 e. The van der Waals surface area contributed by atoms with Crippen molar-refractivity contribution in [1.82, 2.24) is 20.0 Å². The van der Waals surface area contributed by atoms with Gasteiger partial charge in [-0.2, -0.15) is 18.2 Å². The number of aromatic nitrogens is 3. The number of carbonyl (C=O) groups excluding carboxylic acids is 1. The van der Waals surface area contributed by atoms with E-state index >= 15 is 0 Å². The number of aryl methyl sites for hydroxylation is 1. The minimum atomic E-state index is -4.49. The summed E-state index contributed by atoms with van der Waals surface area (Å²) >= 11 is 0. The van der Waals surface area contributed by atoms with Gasteiger partial charge in [-0.15, -0.1) is 0 Å². The topological polar surface area (TPSA) is 87.4 Å². The molecule has 5 rings (SSSR count). The lowest BCUT2D eigenvalue weighted by Crippen LogP contribution is -2.50. The highest BCUT2D eigenvalue weighted by atomic mass is 19.4. The largest absolute Gasteiger partial charge is 0.416 e. The number of hydrogen-bond acceptors (Lipinski definition) is 6. The SMILES string of the molecule is CCCc1nc(N2CCN(C(=O)Nc3ccccc3)CC2)c2c(-c3cccc(C(F)(F)F)c3)noc2n1. The molecule has 37 heavy (non-hydrogen) atoms. The predicted molar refractivity (Wildman–Crippen MR) is 133 cm³/mol. The molecule has 8 nitrogen and oxygen atoms in total. The molecule has 4 aromatic rings. The molecule has 2 amide bonds. The fourth-order valence-electron chi connectivity index (χ4n) is 4.33. The molecule has 0 radical (unpaired) electrons. The average molecular weight is 511 g/mol. The van der Waals surface area contributed by atoms with Crippen molar-refractivity contribution in [3.63, 3.8) is 0 Å². The van der Waals surface area contributed by atoms with Crippen LogP contribution in [0.5, 0.6) is 0 Å². The molecule has 11 heteroatoms. The molecule has 3 heterocycles. The van der Waals surface area contributed by atoms with Gasteiger partial charge >= 0.3 is 12.2 Å². The van der Waals surface area contributed by atoms with Gasteiger partial charge in [-0.25, -0.2) is 9.78 Å². The molecule has 0 bridgehead atoms. The van der Waals surface area contributed by atoms with Crippen molar-refractivity contribution in [1.29, 1.82) is 0 Å². The van der Waals surface area contributed by atoms with Crippen LogP contribution in [0.2, 0.25) is 0 Å². The fourth-order valence-corrected chi connectivity index (χ4v) is 4.33. The van der Waals surface area contributed by atoms with Crippen molar-refractivity contribution in [3.8, 4) is 11.3 Å². The van der Waals surface area contributed by atoms with Gasteiger partial charge in [0.15, 0.2) is 0 Å². The summed E-state index contributed by atoms with van der Waals surface area (Å²) in [6, 6.07) is 14.0. The second kappa shape index (κ2) is 10.1. The molecule has 1 aliphatic rings. The first kappa shape index (κ1) is 24.5. The number of para-hydroxylation sites is 1. The number of alkyl halides is 3. The van der Waals surface area contributed by atoms with Crippen LogP contribution < -0.4 is 10.2 Å². The Morgan fingerprint density at radius 3 is 2.49 bits per heavy atom. The van der Waals surface area contributed by atoms with E-state index in [9.17, 15) is 18.0 Å². The molecule has 0 saturated carbocycles. The number of nitrogens with zero attached hydrogens (tertiary/aromatic N) is 5. The van der Waals surface area contributed by atoms with Gasteiger partial charge < -0.3 is 19.6 Å². The molecule has 1 aliphatic heterocycles. The molecular weight excluding hydrogens is 485 g/mol. The maximum atomic E-state index is 13.4. The lowest BCUT2D eigenvalue weighted by atomic mass is 10.1.